The van der Waals surface area contributed by atoms with E-state index in [-0.39, 0.29) is 47.5 Å². The van der Waals surface area contributed by atoms with Crippen LogP contribution in [0.2, 0.25) is 0 Å². The van der Waals surface area contributed by atoms with Crippen LogP contribution >= 0.6 is 0 Å². The number of aromatic nitrogens is 8. The first kappa shape index (κ1) is 33.9. The summed E-state index contributed by atoms with van der Waals surface area (Å²) in [5.74, 6) is -3.81. The minimum absolute atomic E-state index is 0.0296. The number of aliphatic hydroxyl groups is 1. The number of nitrogens with zero attached hydrogens (tertiary/aromatic N) is 6. The summed E-state index contributed by atoms with van der Waals surface area (Å²) >= 11 is 0. The number of hydrogen-bond donors (Lipinski definition) is 5. The number of halogens is 4. The van der Waals surface area contributed by atoms with E-state index in [1.165, 1.54) is 20.2 Å². The molecule has 4 aromatic rings. The molecule has 2 aliphatic rings. The molecule has 0 aromatic carbocycles. The lowest BCUT2D eigenvalue weighted by Gasteiger charge is -2.24. The molecule has 6 heterocycles. The van der Waals surface area contributed by atoms with Crippen molar-refractivity contribution in [1.82, 2.24) is 39.0 Å². The first-order valence-corrected chi connectivity index (χ1v) is 15.0. The molecule has 262 valence electrons. The van der Waals surface area contributed by atoms with Crippen molar-refractivity contribution in [3.05, 3.63) is 33.4 Å². The number of nitrogens with two attached hydrogens (primary N) is 1. The van der Waals surface area contributed by atoms with Gasteiger partial charge in [-0.2, -0.15) is 9.97 Å². The third-order valence-electron chi connectivity index (χ3n) is 8.89. The number of anilines is 2. The fourth-order valence-electron chi connectivity index (χ4n) is 5.78. The number of aliphatic hydroxyl groups excluding tert-OH is 1. The molecule has 4 aromatic heterocycles. The molecule has 0 spiro atoms. The minimum atomic E-state index is -2.69. The quantitative estimate of drug-likeness (QED) is 0.108. The van der Waals surface area contributed by atoms with Crippen LogP contribution in [-0.2, 0) is 9.47 Å². The number of nitrogens with one attached hydrogen (secondary N) is 3. The number of H-pyrrole nitrogens is 2. The van der Waals surface area contributed by atoms with Gasteiger partial charge in [0.1, 0.15) is 6.61 Å². The second-order valence-electron chi connectivity index (χ2n) is 11.6. The van der Waals surface area contributed by atoms with Crippen LogP contribution in [0.3, 0.4) is 0 Å². The summed E-state index contributed by atoms with van der Waals surface area (Å²) in [6, 6.07) is 0. The monoisotopic (exact) mass is 692 g/mol. The van der Waals surface area contributed by atoms with Gasteiger partial charge >= 0.3 is 0 Å². The van der Waals surface area contributed by atoms with Gasteiger partial charge in [-0.1, -0.05) is 39.5 Å². The van der Waals surface area contributed by atoms with Crippen molar-refractivity contribution < 1.29 is 33.5 Å². The SMILES string of the molecule is C#C[C@]1(F)[C@H](n2cnc3c(=O)[nH]c(N)nc32)O[C@](F)(CO)[C@H]1C.[3H]CCCNc1nc2c(ncn2[C@@H]2O[C@](F)(CC)[C@@H](C)[C@]2(F)C#C)c(=O)[nH]1. The molecule has 6 rings (SSSR count). The van der Waals surface area contributed by atoms with Crippen molar-refractivity contribution in [2.45, 2.75) is 76.0 Å². The highest BCUT2D eigenvalue weighted by atomic mass is 19.2. The van der Waals surface area contributed by atoms with Gasteiger partial charge < -0.3 is 25.6 Å². The molecule has 0 aliphatic carbocycles. The summed E-state index contributed by atoms with van der Waals surface area (Å²) in [4.78, 5) is 44.6. The Kier molecular flexibility index (Phi) is 8.63. The standard InChI is InChI=1S/C17H21F2N5O2.C13H13F2N5O3/c1-5-8-20-15-22-12-11(13(25)23-15)21-9-24(12)14-16(18,6-2)10(4)17(19,7-3)26-14;1-3-12(14)6(2)13(15,4-21)23-10(12)20-5-17-7-8(20)18-11(16)19-9(7)22/h2,9-10,14H,5,7-8H2,1,3-4H3,(H2,20,22,23,25);1,5-6,10,21H,4H2,2H3,(H3,16,18,19,22)/t10-,14+,16+,17+;6-,10+,12+,13+/m00/s1/i1T;. The average molecular weight is 693 g/mol. The Morgan fingerprint density at radius 1 is 0.980 bits per heavy atom. The van der Waals surface area contributed by atoms with Gasteiger partial charge in [-0.05, 0) is 6.42 Å². The van der Waals surface area contributed by atoms with Crippen LogP contribution in [0.25, 0.3) is 22.3 Å². The normalized spacial score (nSPS) is 32.7. The lowest BCUT2D eigenvalue weighted by atomic mass is 9.86. The van der Waals surface area contributed by atoms with Gasteiger partial charge in [-0.3, -0.25) is 28.7 Å². The van der Waals surface area contributed by atoms with Crippen LogP contribution in [0.1, 0.15) is 54.3 Å². The highest BCUT2D eigenvalue weighted by Crippen LogP contribution is 2.54. The van der Waals surface area contributed by atoms with E-state index < -0.39 is 65.1 Å². The van der Waals surface area contributed by atoms with E-state index in [0.717, 1.165) is 15.5 Å². The molecule has 0 amide bonds. The molecule has 15 nitrogen and oxygen atoms in total. The maximum atomic E-state index is 15.5. The highest BCUT2D eigenvalue weighted by Gasteiger charge is 2.65. The van der Waals surface area contributed by atoms with Crippen molar-refractivity contribution >= 4 is 34.2 Å². The van der Waals surface area contributed by atoms with Gasteiger partial charge in [0.05, 0.1) is 24.5 Å². The minimum Gasteiger partial charge on any atom is -0.390 e. The average Bonchev–Trinajstić information content (AvgIpc) is 3.81. The number of ether oxygens (including phenoxy) is 2. The van der Waals surface area contributed by atoms with Crippen LogP contribution in [-0.4, -0.2) is 80.3 Å². The maximum Gasteiger partial charge on any atom is 0.280 e. The number of nitrogen functional groups attached to an aromatic ring is 1. The van der Waals surface area contributed by atoms with Crippen LogP contribution in [0.15, 0.2) is 22.2 Å². The zero-order chi connectivity index (χ0) is 36.8. The molecule has 2 aliphatic heterocycles. The van der Waals surface area contributed by atoms with Gasteiger partial charge in [0.15, 0.2) is 34.8 Å². The van der Waals surface area contributed by atoms with Crippen molar-refractivity contribution in [3.63, 3.8) is 0 Å². The zero-order valence-electron chi connectivity index (χ0n) is 27.5. The van der Waals surface area contributed by atoms with E-state index in [2.05, 4.69) is 35.2 Å². The summed E-state index contributed by atoms with van der Waals surface area (Å²) in [6.07, 6.45) is 10.1. The lowest BCUT2D eigenvalue weighted by Crippen LogP contribution is -2.40. The zero-order valence-corrected chi connectivity index (χ0v) is 26.5. The Balaban J connectivity index is 0.000000197. The second-order valence-corrected chi connectivity index (χ2v) is 11.6. The number of rotatable bonds is 7. The van der Waals surface area contributed by atoms with Crippen molar-refractivity contribution in [3.8, 4) is 24.7 Å². The van der Waals surface area contributed by atoms with Crippen LogP contribution in [0, 0.1) is 36.5 Å². The Bertz CT molecular complexity index is 2110. The van der Waals surface area contributed by atoms with Crippen LogP contribution < -0.4 is 22.2 Å². The van der Waals surface area contributed by atoms with Gasteiger partial charge in [0.25, 0.3) is 11.1 Å². The molecule has 2 fully saturated rings. The summed E-state index contributed by atoms with van der Waals surface area (Å²) in [5, 5.41) is 12.1. The second kappa shape index (κ2) is 12.5. The molecule has 0 unspecified atom stereocenters. The van der Waals surface area contributed by atoms with Crippen molar-refractivity contribution in [2.24, 2.45) is 11.8 Å². The van der Waals surface area contributed by atoms with Gasteiger partial charge in [0, 0.05) is 14.3 Å². The third kappa shape index (κ3) is 5.47. The lowest BCUT2D eigenvalue weighted by molar-refractivity contribution is -0.191. The number of imidazole rings is 2. The van der Waals surface area contributed by atoms with Crippen LogP contribution in [0.5, 0.6) is 0 Å². The van der Waals surface area contributed by atoms with E-state index in [0.29, 0.717) is 13.0 Å². The summed E-state index contributed by atoms with van der Waals surface area (Å²) in [6.45, 7) is 3.64. The molecule has 0 bridgehead atoms. The Hall–Kier alpha value is -4.98. The van der Waals surface area contributed by atoms with E-state index in [4.69, 9.17) is 29.4 Å². The first-order valence-electron chi connectivity index (χ1n) is 15.7. The fraction of sp³-hybridized carbons (Fsp3) is 0.533. The van der Waals surface area contributed by atoms with Gasteiger partial charge in [-0.25, -0.2) is 27.5 Å². The molecular formula is C30H34F4N10O5. The van der Waals surface area contributed by atoms with E-state index in [9.17, 15) is 19.1 Å². The Labute approximate surface area is 277 Å². The summed E-state index contributed by atoms with van der Waals surface area (Å²) in [5.41, 5.74) is -0.999. The highest BCUT2D eigenvalue weighted by molar-refractivity contribution is 5.71. The van der Waals surface area contributed by atoms with E-state index in [1.54, 1.807) is 6.92 Å². The smallest absolute Gasteiger partial charge is 0.280 e. The van der Waals surface area contributed by atoms with Crippen molar-refractivity contribution in [2.75, 3.05) is 24.2 Å². The molecular weight excluding hydrogens is 656 g/mol. The predicted octanol–water partition coefficient (Wildman–Crippen LogP) is 2.39. The third-order valence-corrected chi connectivity index (χ3v) is 8.89. The maximum absolute atomic E-state index is 15.5. The largest absolute Gasteiger partial charge is 0.390 e. The fourth-order valence-corrected chi connectivity index (χ4v) is 5.78. The topological polar surface area (TPSA) is 204 Å². The molecule has 0 saturated carbocycles. The predicted molar refractivity (Wildman–Crippen MR) is 168 cm³/mol. The Morgan fingerprint density at radius 2 is 1.49 bits per heavy atom. The van der Waals surface area contributed by atoms with Crippen molar-refractivity contribution in [1.29, 1.82) is 0 Å². The molecule has 6 N–H and O–H groups in total. The van der Waals surface area contributed by atoms with Gasteiger partial charge in [-0.15, -0.1) is 12.8 Å². The number of hydrogen-bond acceptors (Lipinski definition) is 11. The van der Waals surface area contributed by atoms with Gasteiger partial charge in [0.2, 0.25) is 34.9 Å². The first-order chi connectivity index (χ1) is 23.6. The number of alkyl halides is 4. The summed E-state index contributed by atoms with van der Waals surface area (Å²) < 4.78 is 80.0. The Morgan fingerprint density at radius 3 is 2.00 bits per heavy atom. The number of fused-ring (bicyclic) bond motifs is 2. The number of terminal acetylenes is 2. The molecule has 8 atom stereocenters. The molecule has 19 heteroatoms. The molecule has 49 heavy (non-hydrogen) atoms. The van der Waals surface area contributed by atoms with Crippen LogP contribution in [0.4, 0.5) is 29.5 Å². The number of aromatic amines is 2. The molecule has 2 saturated heterocycles. The molecule has 0 radical (unpaired) electrons. The summed E-state index contributed by atoms with van der Waals surface area (Å²) in [7, 11) is 0. The van der Waals surface area contributed by atoms with E-state index in [1.807, 2.05) is 11.8 Å². The van der Waals surface area contributed by atoms with E-state index >= 15 is 13.2 Å².